The summed E-state index contributed by atoms with van der Waals surface area (Å²) in [6, 6.07) is 0. The highest BCUT2D eigenvalue weighted by Crippen LogP contribution is 2.19. The van der Waals surface area contributed by atoms with Crippen LogP contribution in [0, 0.1) is 0 Å². The van der Waals surface area contributed by atoms with Crippen LogP contribution in [0.3, 0.4) is 0 Å². The molecular formula is C73H140O6. The van der Waals surface area contributed by atoms with E-state index in [0.717, 1.165) is 64.2 Å². The summed E-state index contributed by atoms with van der Waals surface area (Å²) in [5, 5.41) is 0. The van der Waals surface area contributed by atoms with Crippen molar-refractivity contribution in [2.24, 2.45) is 0 Å². The number of hydrogen-bond acceptors (Lipinski definition) is 6. The summed E-state index contributed by atoms with van der Waals surface area (Å²) < 4.78 is 17.0. The normalized spacial score (nSPS) is 12.0. The Kier molecular flexibility index (Phi) is 67.0. The minimum atomic E-state index is -0.769. The molecule has 0 saturated carbocycles. The number of esters is 3. The van der Waals surface area contributed by atoms with Gasteiger partial charge >= 0.3 is 17.9 Å². The molecule has 79 heavy (non-hydrogen) atoms. The van der Waals surface area contributed by atoms with Crippen molar-refractivity contribution in [3.63, 3.8) is 0 Å². The van der Waals surface area contributed by atoms with E-state index in [0.29, 0.717) is 19.3 Å². The van der Waals surface area contributed by atoms with Gasteiger partial charge in [-0.05, 0) is 38.5 Å². The van der Waals surface area contributed by atoms with Crippen molar-refractivity contribution in [3.05, 3.63) is 12.2 Å². The van der Waals surface area contributed by atoms with E-state index in [1.165, 1.54) is 315 Å². The van der Waals surface area contributed by atoms with Gasteiger partial charge in [-0.25, -0.2) is 0 Å². The Balaban J connectivity index is 4.13. The monoisotopic (exact) mass is 1110 g/mol. The Morgan fingerprint density at radius 3 is 0.671 bits per heavy atom. The zero-order chi connectivity index (χ0) is 57.1. The van der Waals surface area contributed by atoms with E-state index < -0.39 is 6.10 Å². The van der Waals surface area contributed by atoms with Gasteiger partial charge in [0.1, 0.15) is 13.2 Å². The number of carbonyl (C=O) groups is 3. The Hall–Kier alpha value is -1.85. The second-order valence-corrected chi connectivity index (χ2v) is 24.9. The molecule has 0 aromatic rings. The molecular weight excluding hydrogens is 973 g/mol. The molecule has 0 radical (unpaired) electrons. The molecule has 1 unspecified atom stereocenters. The maximum atomic E-state index is 12.9. The van der Waals surface area contributed by atoms with Crippen LogP contribution in [0.4, 0.5) is 0 Å². The number of ether oxygens (including phenoxy) is 3. The largest absolute Gasteiger partial charge is 0.462 e. The molecule has 0 saturated heterocycles. The molecule has 468 valence electrons. The lowest BCUT2D eigenvalue weighted by Crippen LogP contribution is -2.30. The van der Waals surface area contributed by atoms with Crippen molar-refractivity contribution in [3.8, 4) is 0 Å². The van der Waals surface area contributed by atoms with Crippen LogP contribution >= 0.6 is 0 Å². The third kappa shape index (κ3) is 66.8. The Bertz CT molecular complexity index is 1230. The minimum absolute atomic E-state index is 0.0658. The summed E-state index contributed by atoms with van der Waals surface area (Å²) >= 11 is 0. The zero-order valence-corrected chi connectivity index (χ0v) is 53.9. The van der Waals surface area contributed by atoms with Crippen LogP contribution in [0.25, 0.3) is 0 Å². The zero-order valence-electron chi connectivity index (χ0n) is 53.9. The van der Waals surface area contributed by atoms with E-state index in [4.69, 9.17) is 14.2 Å². The van der Waals surface area contributed by atoms with Gasteiger partial charge in [0.05, 0.1) is 0 Å². The number of unbranched alkanes of at least 4 members (excludes halogenated alkanes) is 55. The summed E-state index contributed by atoms with van der Waals surface area (Å²) in [5.41, 5.74) is 0. The first-order valence-electron chi connectivity index (χ1n) is 36.2. The molecule has 0 N–H and O–H groups in total. The fraction of sp³-hybridized carbons (Fsp3) is 0.932. The Morgan fingerprint density at radius 2 is 0.430 bits per heavy atom. The Morgan fingerprint density at radius 1 is 0.241 bits per heavy atom. The second-order valence-electron chi connectivity index (χ2n) is 24.9. The highest BCUT2D eigenvalue weighted by atomic mass is 16.6. The molecule has 0 aromatic carbocycles. The summed E-state index contributed by atoms with van der Waals surface area (Å²) in [5.74, 6) is -0.841. The first-order chi connectivity index (χ1) is 39.0. The lowest BCUT2D eigenvalue weighted by atomic mass is 10.0. The standard InChI is InChI=1S/C73H140O6/c1-4-7-10-13-16-19-22-24-26-28-30-32-34-36-38-40-42-44-46-48-51-54-57-60-63-66-72(75)78-69-70(68-77-71(74)65-62-59-56-53-50-21-18-15-12-9-6-3)79-73(76)67-64-61-58-55-52-49-47-45-43-41-39-37-35-33-31-29-27-25-23-20-17-14-11-8-5-2/h15,18,70H,4-14,16-17,19-69H2,1-3H3/b18-15-. The summed E-state index contributed by atoms with van der Waals surface area (Å²) in [4.78, 5) is 38.4. The van der Waals surface area contributed by atoms with Crippen LogP contribution in [0.5, 0.6) is 0 Å². The SMILES string of the molecule is CCCC/C=C\CCCCCCCC(=O)OCC(COC(=O)CCCCCCCCCCCCCCCCCCCCCCCCCCC)OC(=O)CCCCCCCCCCCCCCCCCCCCCCCCCCC. The number of allylic oxidation sites excluding steroid dienone is 2. The van der Waals surface area contributed by atoms with E-state index in [2.05, 4.69) is 32.9 Å². The molecule has 1 atom stereocenters. The second kappa shape index (κ2) is 68.6. The average Bonchev–Trinajstić information content (AvgIpc) is 3.45. The quantitative estimate of drug-likeness (QED) is 0.0261. The van der Waals surface area contributed by atoms with Gasteiger partial charge in [0.2, 0.25) is 0 Å². The molecule has 0 bridgehead atoms. The van der Waals surface area contributed by atoms with Gasteiger partial charge in [-0.3, -0.25) is 14.4 Å². The summed E-state index contributed by atoms with van der Waals surface area (Å²) in [6.07, 6.45) is 82.6. The van der Waals surface area contributed by atoms with Crippen LogP contribution < -0.4 is 0 Å². The molecule has 0 rings (SSSR count). The highest BCUT2D eigenvalue weighted by molar-refractivity contribution is 5.71. The summed E-state index contributed by atoms with van der Waals surface area (Å²) in [6.45, 7) is 6.69. The van der Waals surface area contributed by atoms with Crippen molar-refractivity contribution in [2.75, 3.05) is 13.2 Å². The van der Waals surface area contributed by atoms with Crippen molar-refractivity contribution in [1.29, 1.82) is 0 Å². The van der Waals surface area contributed by atoms with Gasteiger partial charge in [-0.2, -0.15) is 0 Å². The van der Waals surface area contributed by atoms with Gasteiger partial charge in [0.25, 0.3) is 0 Å². The lowest BCUT2D eigenvalue weighted by Gasteiger charge is -2.18. The molecule has 6 heteroatoms. The third-order valence-corrected chi connectivity index (χ3v) is 16.8. The molecule has 0 aliphatic carbocycles. The molecule has 0 fully saturated rings. The lowest BCUT2D eigenvalue weighted by molar-refractivity contribution is -0.167. The molecule has 0 aromatic heterocycles. The van der Waals surface area contributed by atoms with Crippen LogP contribution in [0.2, 0.25) is 0 Å². The highest BCUT2D eigenvalue weighted by Gasteiger charge is 2.19. The van der Waals surface area contributed by atoms with E-state index in [1.807, 2.05) is 0 Å². The van der Waals surface area contributed by atoms with Gasteiger partial charge < -0.3 is 14.2 Å². The van der Waals surface area contributed by atoms with Crippen LogP contribution in [-0.2, 0) is 28.6 Å². The number of hydrogen-bond donors (Lipinski definition) is 0. The minimum Gasteiger partial charge on any atom is -0.462 e. The van der Waals surface area contributed by atoms with Gasteiger partial charge in [-0.1, -0.05) is 373 Å². The smallest absolute Gasteiger partial charge is 0.306 e. The summed E-state index contributed by atoms with van der Waals surface area (Å²) in [7, 11) is 0. The predicted molar refractivity (Wildman–Crippen MR) is 344 cm³/mol. The molecule has 6 nitrogen and oxygen atoms in total. The van der Waals surface area contributed by atoms with E-state index >= 15 is 0 Å². The van der Waals surface area contributed by atoms with E-state index in [1.54, 1.807) is 0 Å². The fourth-order valence-corrected chi connectivity index (χ4v) is 11.3. The topological polar surface area (TPSA) is 78.9 Å². The van der Waals surface area contributed by atoms with Crippen molar-refractivity contribution < 1.29 is 28.6 Å². The fourth-order valence-electron chi connectivity index (χ4n) is 11.3. The van der Waals surface area contributed by atoms with Crippen LogP contribution in [-0.4, -0.2) is 37.2 Å². The van der Waals surface area contributed by atoms with Gasteiger partial charge in [0, 0.05) is 19.3 Å². The number of carbonyl (C=O) groups excluding carboxylic acids is 3. The number of rotatable bonds is 68. The van der Waals surface area contributed by atoms with Crippen LogP contribution in [0.1, 0.15) is 419 Å². The third-order valence-electron chi connectivity index (χ3n) is 16.8. The van der Waals surface area contributed by atoms with Crippen molar-refractivity contribution in [1.82, 2.24) is 0 Å². The van der Waals surface area contributed by atoms with Gasteiger partial charge in [-0.15, -0.1) is 0 Å². The molecule has 0 aliphatic heterocycles. The molecule has 0 aliphatic rings. The van der Waals surface area contributed by atoms with E-state index in [-0.39, 0.29) is 31.1 Å². The molecule has 0 amide bonds. The van der Waals surface area contributed by atoms with Crippen molar-refractivity contribution in [2.45, 2.75) is 425 Å². The molecule has 0 heterocycles. The van der Waals surface area contributed by atoms with E-state index in [9.17, 15) is 14.4 Å². The maximum Gasteiger partial charge on any atom is 0.306 e. The average molecular weight is 1110 g/mol. The first kappa shape index (κ1) is 77.2. The maximum absolute atomic E-state index is 12.9. The van der Waals surface area contributed by atoms with Crippen LogP contribution in [0.15, 0.2) is 12.2 Å². The molecule has 0 spiro atoms. The Labute approximate surface area is 494 Å². The van der Waals surface area contributed by atoms with Crippen molar-refractivity contribution >= 4 is 17.9 Å². The first-order valence-corrected chi connectivity index (χ1v) is 36.2. The predicted octanol–water partition coefficient (Wildman–Crippen LogP) is 24.8. The van der Waals surface area contributed by atoms with Gasteiger partial charge in [0.15, 0.2) is 6.10 Å².